The molecule has 2 amide bonds. The molecule has 26 heavy (non-hydrogen) atoms. The Morgan fingerprint density at radius 3 is 2.85 bits per heavy atom. The molecule has 9 heteroatoms. The molecule has 2 rings (SSSR count). The van der Waals surface area contributed by atoms with Gasteiger partial charge in [-0.15, -0.1) is 11.3 Å². The SMILES string of the molecule is COCCCN(Cc1nc(C(=O)OC)cs1)C(=O)Nc1cccc(Cl)c1. The number of anilines is 1. The Morgan fingerprint density at radius 2 is 2.15 bits per heavy atom. The molecule has 0 bridgehead atoms. The number of aromatic nitrogens is 1. The van der Waals surface area contributed by atoms with Crippen molar-refractivity contribution in [2.24, 2.45) is 0 Å². The Kier molecular flexibility index (Phi) is 7.83. The van der Waals surface area contributed by atoms with Gasteiger partial charge in [0.1, 0.15) is 5.01 Å². The van der Waals surface area contributed by atoms with E-state index in [0.717, 1.165) is 0 Å². The monoisotopic (exact) mass is 397 g/mol. The maximum absolute atomic E-state index is 12.6. The van der Waals surface area contributed by atoms with Crippen LogP contribution < -0.4 is 5.32 Å². The molecule has 1 heterocycles. The highest BCUT2D eigenvalue weighted by Crippen LogP contribution is 2.17. The fraction of sp³-hybridized carbons (Fsp3) is 0.353. The van der Waals surface area contributed by atoms with Crippen molar-refractivity contribution >= 4 is 40.6 Å². The average Bonchev–Trinajstić information content (AvgIpc) is 3.09. The molecule has 7 nitrogen and oxygen atoms in total. The molecular formula is C17H20ClN3O4S. The lowest BCUT2D eigenvalue weighted by molar-refractivity contribution is 0.0594. The summed E-state index contributed by atoms with van der Waals surface area (Å²) in [5.74, 6) is -0.498. The largest absolute Gasteiger partial charge is 0.464 e. The third-order valence-corrected chi connectivity index (χ3v) is 4.48. The van der Waals surface area contributed by atoms with Crippen LogP contribution in [0.2, 0.25) is 5.02 Å². The molecule has 0 saturated heterocycles. The summed E-state index contributed by atoms with van der Waals surface area (Å²) in [4.78, 5) is 30.0. The molecule has 1 aromatic heterocycles. The first-order chi connectivity index (χ1) is 12.5. The number of thiazole rings is 1. The minimum atomic E-state index is -0.498. The second-order valence-corrected chi connectivity index (χ2v) is 6.71. The number of methoxy groups -OCH3 is 2. The van der Waals surface area contributed by atoms with Crippen molar-refractivity contribution in [1.29, 1.82) is 0 Å². The number of halogens is 1. The molecule has 0 spiro atoms. The van der Waals surface area contributed by atoms with Gasteiger partial charge in [0.05, 0.1) is 13.7 Å². The van der Waals surface area contributed by atoms with E-state index >= 15 is 0 Å². The number of rotatable bonds is 8. The zero-order valence-corrected chi connectivity index (χ0v) is 16.1. The number of amides is 2. The summed E-state index contributed by atoms with van der Waals surface area (Å²) in [6, 6.07) is 6.65. The highest BCUT2D eigenvalue weighted by molar-refractivity contribution is 7.09. The summed E-state index contributed by atoms with van der Waals surface area (Å²) in [7, 11) is 2.91. The number of esters is 1. The number of ether oxygens (including phenoxy) is 2. The van der Waals surface area contributed by atoms with E-state index in [4.69, 9.17) is 16.3 Å². The zero-order valence-electron chi connectivity index (χ0n) is 14.5. The summed E-state index contributed by atoms with van der Waals surface area (Å²) in [5, 5.41) is 5.61. The molecule has 0 radical (unpaired) electrons. The van der Waals surface area contributed by atoms with Crippen LogP contribution in [0.4, 0.5) is 10.5 Å². The van der Waals surface area contributed by atoms with Gasteiger partial charge < -0.3 is 19.7 Å². The molecule has 0 aliphatic carbocycles. The standard InChI is InChI=1S/C17H20ClN3O4S/c1-24-8-4-7-21(10-15-20-14(11-26-15)16(22)25-2)17(23)19-13-6-3-5-12(18)9-13/h3,5-6,9,11H,4,7-8,10H2,1-2H3,(H,19,23). The Balaban J connectivity index is 2.07. The number of carbonyl (C=O) groups excluding carboxylic acids is 2. The maximum atomic E-state index is 12.6. The third-order valence-electron chi connectivity index (χ3n) is 3.41. The third kappa shape index (κ3) is 5.98. The first-order valence-corrected chi connectivity index (χ1v) is 9.12. The van der Waals surface area contributed by atoms with Gasteiger partial charge >= 0.3 is 12.0 Å². The van der Waals surface area contributed by atoms with E-state index in [1.54, 1.807) is 41.7 Å². The maximum Gasteiger partial charge on any atom is 0.357 e. The predicted octanol–water partition coefficient (Wildman–Crippen LogP) is 3.65. The Morgan fingerprint density at radius 1 is 1.35 bits per heavy atom. The number of nitrogens with zero attached hydrogens (tertiary/aromatic N) is 2. The Labute approximate surface area is 160 Å². The number of nitrogens with one attached hydrogen (secondary N) is 1. The number of hydrogen-bond donors (Lipinski definition) is 1. The molecule has 0 fully saturated rings. The van der Waals surface area contributed by atoms with Crippen LogP contribution >= 0.6 is 22.9 Å². The quantitative estimate of drug-likeness (QED) is 0.543. The molecule has 1 aromatic carbocycles. The first-order valence-electron chi connectivity index (χ1n) is 7.86. The molecule has 140 valence electrons. The van der Waals surface area contributed by atoms with E-state index in [1.807, 2.05) is 0 Å². The minimum Gasteiger partial charge on any atom is -0.464 e. The van der Waals surface area contributed by atoms with E-state index in [-0.39, 0.29) is 18.3 Å². The van der Waals surface area contributed by atoms with E-state index in [0.29, 0.717) is 35.3 Å². The Bertz CT molecular complexity index is 753. The van der Waals surface area contributed by atoms with Crippen LogP contribution in [0, 0.1) is 0 Å². The smallest absolute Gasteiger partial charge is 0.357 e. The zero-order chi connectivity index (χ0) is 18.9. The molecular weight excluding hydrogens is 378 g/mol. The van der Waals surface area contributed by atoms with Crippen LogP contribution in [-0.2, 0) is 16.0 Å². The molecule has 0 atom stereocenters. The van der Waals surface area contributed by atoms with Gasteiger partial charge in [-0.05, 0) is 24.6 Å². The lowest BCUT2D eigenvalue weighted by Crippen LogP contribution is -2.35. The van der Waals surface area contributed by atoms with Gasteiger partial charge in [-0.3, -0.25) is 0 Å². The second-order valence-electron chi connectivity index (χ2n) is 5.33. The number of hydrogen-bond acceptors (Lipinski definition) is 6. The summed E-state index contributed by atoms with van der Waals surface area (Å²) in [6.45, 7) is 1.29. The molecule has 0 saturated carbocycles. The van der Waals surface area contributed by atoms with Crippen molar-refractivity contribution in [1.82, 2.24) is 9.88 Å². The lowest BCUT2D eigenvalue weighted by Gasteiger charge is -2.22. The highest BCUT2D eigenvalue weighted by Gasteiger charge is 2.18. The van der Waals surface area contributed by atoms with E-state index in [2.05, 4.69) is 15.0 Å². The van der Waals surface area contributed by atoms with Crippen molar-refractivity contribution in [3.63, 3.8) is 0 Å². The molecule has 1 N–H and O–H groups in total. The Hall–Kier alpha value is -2.16. The summed E-state index contributed by atoms with van der Waals surface area (Å²) >= 11 is 7.25. The summed E-state index contributed by atoms with van der Waals surface area (Å²) in [5.41, 5.74) is 0.841. The number of benzene rings is 1. The fourth-order valence-corrected chi connectivity index (χ4v) is 3.13. The van der Waals surface area contributed by atoms with Crippen LogP contribution in [0.3, 0.4) is 0 Å². The van der Waals surface area contributed by atoms with E-state index in [9.17, 15) is 9.59 Å². The van der Waals surface area contributed by atoms with Gasteiger partial charge in [-0.25, -0.2) is 14.6 Å². The van der Waals surface area contributed by atoms with Crippen molar-refractivity contribution in [3.8, 4) is 0 Å². The van der Waals surface area contributed by atoms with E-state index < -0.39 is 5.97 Å². The predicted molar refractivity (Wildman–Crippen MR) is 101 cm³/mol. The van der Waals surface area contributed by atoms with Crippen LogP contribution in [-0.4, -0.2) is 49.3 Å². The van der Waals surface area contributed by atoms with Crippen LogP contribution in [0.1, 0.15) is 21.9 Å². The number of carbonyl (C=O) groups is 2. The lowest BCUT2D eigenvalue weighted by atomic mass is 10.3. The van der Waals surface area contributed by atoms with Gasteiger partial charge in [0.2, 0.25) is 0 Å². The summed E-state index contributed by atoms with van der Waals surface area (Å²) in [6.07, 6.45) is 0.675. The molecule has 0 aliphatic rings. The van der Waals surface area contributed by atoms with Gasteiger partial charge in [0.25, 0.3) is 0 Å². The van der Waals surface area contributed by atoms with Crippen molar-refractivity contribution in [2.45, 2.75) is 13.0 Å². The second kappa shape index (κ2) is 10.1. The normalized spacial score (nSPS) is 10.4. The van der Waals surface area contributed by atoms with Crippen molar-refractivity contribution < 1.29 is 19.1 Å². The van der Waals surface area contributed by atoms with Crippen LogP contribution in [0.15, 0.2) is 29.6 Å². The van der Waals surface area contributed by atoms with Gasteiger partial charge in [-0.1, -0.05) is 17.7 Å². The average molecular weight is 398 g/mol. The van der Waals surface area contributed by atoms with Gasteiger partial charge in [0, 0.05) is 36.4 Å². The van der Waals surface area contributed by atoms with E-state index in [1.165, 1.54) is 18.4 Å². The topological polar surface area (TPSA) is 80.8 Å². The van der Waals surface area contributed by atoms with Gasteiger partial charge in [0.15, 0.2) is 5.69 Å². The van der Waals surface area contributed by atoms with Crippen molar-refractivity contribution in [3.05, 3.63) is 45.4 Å². The highest BCUT2D eigenvalue weighted by atomic mass is 35.5. The summed E-state index contributed by atoms with van der Waals surface area (Å²) < 4.78 is 9.71. The van der Waals surface area contributed by atoms with Crippen molar-refractivity contribution in [2.75, 3.05) is 32.7 Å². The first kappa shape index (κ1) is 20.2. The molecule has 0 aliphatic heterocycles. The minimum absolute atomic E-state index is 0.236. The van der Waals surface area contributed by atoms with Gasteiger partial charge in [-0.2, -0.15) is 0 Å². The molecule has 0 unspecified atom stereocenters. The molecule has 2 aromatic rings. The van der Waals surface area contributed by atoms with Crippen LogP contribution in [0.5, 0.6) is 0 Å². The van der Waals surface area contributed by atoms with Crippen LogP contribution in [0.25, 0.3) is 0 Å². The number of urea groups is 1. The fourth-order valence-electron chi connectivity index (χ4n) is 2.17.